The molecule has 2 fully saturated rings. The molecule has 176 valence electrons. The quantitative estimate of drug-likeness (QED) is 0.554. The number of amides is 2. The summed E-state index contributed by atoms with van der Waals surface area (Å²) in [5, 5.41) is 10.5. The topological polar surface area (TPSA) is 124 Å². The van der Waals surface area contributed by atoms with Gasteiger partial charge in [0.25, 0.3) is 11.8 Å². The standard InChI is InChI=1S/C25H28N6O3/c1-24(2)12-25(7-3-8-25)18-16-10-14(4-5-17(16)29-19(18)20(24)32)22(33)28-15-6-9-31(11-15)23(34)21-26-13-27-30-21/h4-5,10,13,15,29H,3,6-9,11-12H2,1-2H3,(H,28,33)(H,26,27,30). The van der Waals surface area contributed by atoms with Gasteiger partial charge in [-0.05, 0) is 54.9 Å². The van der Waals surface area contributed by atoms with Gasteiger partial charge in [0.05, 0.1) is 5.69 Å². The smallest absolute Gasteiger partial charge is 0.293 e. The lowest BCUT2D eigenvalue weighted by atomic mass is 9.53. The molecule has 1 spiro atoms. The lowest BCUT2D eigenvalue weighted by Crippen LogP contribution is -2.46. The minimum Gasteiger partial charge on any atom is -0.352 e. The number of nitrogens with one attached hydrogen (secondary N) is 3. The van der Waals surface area contributed by atoms with Crippen LogP contribution in [0, 0.1) is 5.41 Å². The first-order valence-corrected chi connectivity index (χ1v) is 11.9. The molecule has 3 aromatic rings. The van der Waals surface area contributed by atoms with E-state index in [1.54, 1.807) is 11.0 Å². The first-order valence-electron chi connectivity index (χ1n) is 11.9. The van der Waals surface area contributed by atoms with E-state index in [2.05, 4.69) is 25.5 Å². The number of H-pyrrole nitrogens is 2. The lowest BCUT2D eigenvalue weighted by Gasteiger charge is -2.50. The normalized spacial score (nSPS) is 22.6. The van der Waals surface area contributed by atoms with Crippen LogP contribution in [0.4, 0.5) is 0 Å². The third-order valence-corrected chi connectivity index (χ3v) is 7.94. The van der Waals surface area contributed by atoms with Crippen LogP contribution in [-0.4, -0.2) is 61.8 Å². The summed E-state index contributed by atoms with van der Waals surface area (Å²) in [6.45, 7) is 5.05. The third-order valence-electron chi connectivity index (χ3n) is 7.94. The van der Waals surface area contributed by atoms with Crippen molar-refractivity contribution in [3.63, 3.8) is 0 Å². The van der Waals surface area contributed by atoms with Gasteiger partial charge >= 0.3 is 0 Å². The van der Waals surface area contributed by atoms with Crippen LogP contribution in [0.1, 0.15) is 83.0 Å². The summed E-state index contributed by atoms with van der Waals surface area (Å²) in [6, 6.07) is 5.50. The van der Waals surface area contributed by atoms with E-state index in [-0.39, 0.29) is 40.3 Å². The highest BCUT2D eigenvalue weighted by atomic mass is 16.2. The van der Waals surface area contributed by atoms with Gasteiger partial charge in [-0.25, -0.2) is 4.98 Å². The van der Waals surface area contributed by atoms with Crippen molar-refractivity contribution in [1.29, 1.82) is 0 Å². The average molecular weight is 461 g/mol. The van der Waals surface area contributed by atoms with E-state index in [4.69, 9.17) is 0 Å². The van der Waals surface area contributed by atoms with E-state index in [1.165, 1.54) is 12.7 Å². The van der Waals surface area contributed by atoms with Crippen molar-refractivity contribution in [2.24, 2.45) is 5.41 Å². The predicted octanol–water partition coefficient (Wildman–Crippen LogP) is 2.96. The van der Waals surface area contributed by atoms with E-state index in [1.807, 2.05) is 26.0 Å². The number of ketones is 1. The summed E-state index contributed by atoms with van der Waals surface area (Å²) < 4.78 is 0. The highest BCUT2D eigenvalue weighted by Crippen LogP contribution is 2.57. The van der Waals surface area contributed by atoms with E-state index in [0.717, 1.165) is 41.4 Å². The molecule has 0 bridgehead atoms. The van der Waals surface area contributed by atoms with Crippen LogP contribution in [0.15, 0.2) is 24.5 Å². The Hall–Kier alpha value is -3.49. The molecule has 2 amide bonds. The zero-order chi connectivity index (χ0) is 23.7. The molecule has 34 heavy (non-hydrogen) atoms. The Balaban J connectivity index is 1.25. The summed E-state index contributed by atoms with van der Waals surface area (Å²) in [4.78, 5) is 47.8. The number of aromatic nitrogens is 4. The van der Waals surface area contributed by atoms with Crippen LogP contribution in [0.3, 0.4) is 0 Å². The van der Waals surface area contributed by atoms with Gasteiger partial charge in [-0.2, -0.15) is 0 Å². The molecule has 3 N–H and O–H groups in total. The van der Waals surface area contributed by atoms with Crippen LogP contribution in [0.2, 0.25) is 0 Å². The minimum absolute atomic E-state index is 0.0205. The van der Waals surface area contributed by atoms with E-state index in [0.29, 0.717) is 25.1 Å². The van der Waals surface area contributed by atoms with Gasteiger partial charge in [0.1, 0.15) is 6.33 Å². The van der Waals surface area contributed by atoms with Crippen molar-refractivity contribution in [1.82, 2.24) is 30.4 Å². The van der Waals surface area contributed by atoms with Crippen LogP contribution >= 0.6 is 0 Å². The summed E-state index contributed by atoms with van der Waals surface area (Å²) >= 11 is 0. The van der Waals surface area contributed by atoms with Crippen LogP contribution in [-0.2, 0) is 5.41 Å². The molecular weight excluding hydrogens is 432 g/mol. The second-order valence-corrected chi connectivity index (χ2v) is 10.7. The number of Topliss-reactive ketones (excluding diaryl/α,β-unsaturated/α-hetero) is 1. The van der Waals surface area contributed by atoms with Crippen molar-refractivity contribution in [2.45, 2.75) is 57.4 Å². The van der Waals surface area contributed by atoms with E-state index >= 15 is 0 Å². The van der Waals surface area contributed by atoms with Gasteiger partial charge in [0.2, 0.25) is 5.82 Å². The minimum atomic E-state index is -0.383. The number of rotatable bonds is 3. The Morgan fingerprint density at radius 2 is 2.06 bits per heavy atom. The highest BCUT2D eigenvalue weighted by molar-refractivity contribution is 6.08. The monoisotopic (exact) mass is 460 g/mol. The fourth-order valence-corrected chi connectivity index (χ4v) is 6.22. The van der Waals surface area contributed by atoms with E-state index < -0.39 is 0 Å². The number of nitrogens with zero attached hydrogens (tertiary/aromatic N) is 3. The molecule has 1 saturated carbocycles. The Morgan fingerprint density at radius 1 is 1.24 bits per heavy atom. The Morgan fingerprint density at radius 3 is 2.76 bits per heavy atom. The maximum atomic E-state index is 13.2. The Labute approximate surface area is 196 Å². The molecule has 3 heterocycles. The molecule has 1 aliphatic heterocycles. The van der Waals surface area contributed by atoms with Crippen molar-refractivity contribution < 1.29 is 14.4 Å². The van der Waals surface area contributed by atoms with Gasteiger partial charge in [-0.15, -0.1) is 5.10 Å². The number of carbonyl (C=O) groups is 3. The Kier molecular flexibility index (Phi) is 4.49. The number of hydrogen-bond donors (Lipinski definition) is 3. The summed E-state index contributed by atoms with van der Waals surface area (Å²) in [5.74, 6) is -0.113. The van der Waals surface area contributed by atoms with Crippen LogP contribution in [0.5, 0.6) is 0 Å². The van der Waals surface area contributed by atoms with Gasteiger partial charge in [-0.3, -0.25) is 19.5 Å². The van der Waals surface area contributed by atoms with Crippen molar-refractivity contribution >= 4 is 28.5 Å². The molecule has 1 atom stereocenters. The number of fused-ring (bicyclic) bond motifs is 4. The summed E-state index contributed by atoms with van der Waals surface area (Å²) in [6.07, 6.45) is 6.23. The largest absolute Gasteiger partial charge is 0.352 e. The third kappa shape index (κ3) is 3.09. The molecular formula is C25H28N6O3. The average Bonchev–Trinajstić information content (AvgIpc) is 3.54. The molecule has 1 aromatic carbocycles. The number of benzene rings is 1. The van der Waals surface area contributed by atoms with Gasteiger partial charge < -0.3 is 15.2 Å². The fourth-order valence-electron chi connectivity index (χ4n) is 6.22. The summed E-state index contributed by atoms with van der Waals surface area (Å²) in [7, 11) is 0. The van der Waals surface area contributed by atoms with Crippen LogP contribution in [0.25, 0.3) is 10.9 Å². The number of likely N-dealkylation sites (tertiary alicyclic amines) is 1. The molecule has 2 aliphatic carbocycles. The van der Waals surface area contributed by atoms with E-state index in [9.17, 15) is 14.4 Å². The van der Waals surface area contributed by atoms with Crippen LogP contribution < -0.4 is 5.32 Å². The molecule has 9 heteroatoms. The van der Waals surface area contributed by atoms with Crippen molar-refractivity contribution in [3.05, 3.63) is 47.2 Å². The number of aromatic amines is 2. The maximum Gasteiger partial charge on any atom is 0.293 e. The second-order valence-electron chi connectivity index (χ2n) is 10.7. The number of carbonyl (C=O) groups excluding carboxylic acids is 3. The SMILES string of the molecule is CC1(C)CC2(CCC2)c2c([nH]c3ccc(C(=O)NC4CCN(C(=O)c5nc[nH]n5)C4)cc23)C1=O. The molecule has 9 nitrogen and oxygen atoms in total. The van der Waals surface area contributed by atoms with Crippen molar-refractivity contribution in [3.8, 4) is 0 Å². The second kappa shape index (κ2) is 7.25. The fraction of sp³-hybridized carbons (Fsp3) is 0.480. The molecule has 1 saturated heterocycles. The summed E-state index contributed by atoms with van der Waals surface area (Å²) in [5.41, 5.74) is 2.94. The first kappa shape index (κ1) is 21.1. The lowest BCUT2D eigenvalue weighted by molar-refractivity contribution is 0.0659. The van der Waals surface area contributed by atoms with Gasteiger partial charge in [-0.1, -0.05) is 20.3 Å². The number of hydrogen-bond acceptors (Lipinski definition) is 5. The van der Waals surface area contributed by atoms with Gasteiger partial charge in [0, 0.05) is 41.0 Å². The Bertz CT molecular complexity index is 1320. The molecule has 3 aliphatic rings. The highest BCUT2D eigenvalue weighted by Gasteiger charge is 2.52. The van der Waals surface area contributed by atoms with Crippen molar-refractivity contribution in [2.75, 3.05) is 13.1 Å². The molecule has 6 rings (SSSR count). The first-order chi connectivity index (χ1) is 16.3. The molecule has 2 aromatic heterocycles. The predicted molar refractivity (Wildman–Crippen MR) is 125 cm³/mol. The maximum absolute atomic E-state index is 13.2. The zero-order valence-electron chi connectivity index (χ0n) is 19.4. The molecule has 0 radical (unpaired) electrons. The van der Waals surface area contributed by atoms with Gasteiger partial charge in [0.15, 0.2) is 5.78 Å². The molecule has 1 unspecified atom stereocenters. The zero-order valence-corrected chi connectivity index (χ0v) is 19.4.